The molecule has 1 aliphatic carbocycles. The van der Waals surface area contributed by atoms with Gasteiger partial charge in [-0.15, -0.1) is 0 Å². The third-order valence-corrected chi connectivity index (χ3v) is 9.02. The molecule has 0 heterocycles. The lowest BCUT2D eigenvalue weighted by atomic mass is 9.76. The minimum atomic E-state index is -0.132. The normalized spacial score (nSPS) is 19.3. The summed E-state index contributed by atoms with van der Waals surface area (Å²) in [5.41, 5.74) is 5.59. The lowest BCUT2D eigenvalue weighted by Crippen LogP contribution is -2.27. The fourth-order valence-corrected chi connectivity index (χ4v) is 5.30. The zero-order chi connectivity index (χ0) is 29.2. The Bertz CT molecular complexity index is 1210. The van der Waals surface area contributed by atoms with Crippen LogP contribution < -0.4 is 0 Å². The van der Waals surface area contributed by atoms with E-state index in [4.69, 9.17) is 9.98 Å². The molecule has 0 aromatic heterocycles. The number of rotatable bonds is 8. The van der Waals surface area contributed by atoms with E-state index in [1.165, 1.54) is 5.56 Å². The molecule has 1 aliphatic rings. The molecule has 2 atom stereocenters. The van der Waals surface area contributed by atoms with Crippen LogP contribution in [0.4, 0.5) is 0 Å². The van der Waals surface area contributed by atoms with Gasteiger partial charge in [-0.05, 0) is 72.1 Å². The molecule has 4 heteroatoms. The first-order valence-corrected chi connectivity index (χ1v) is 14.9. The molecule has 39 heavy (non-hydrogen) atoms. The highest BCUT2D eigenvalue weighted by molar-refractivity contribution is 5.86. The van der Waals surface area contributed by atoms with Crippen molar-refractivity contribution in [2.45, 2.75) is 136 Å². The predicted molar refractivity (Wildman–Crippen MR) is 168 cm³/mol. The molecule has 0 saturated heterocycles. The second kappa shape index (κ2) is 11.9. The van der Waals surface area contributed by atoms with Crippen LogP contribution in [0, 0.1) is 6.92 Å². The summed E-state index contributed by atoms with van der Waals surface area (Å²) in [6, 6.07) is 8.48. The van der Waals surface area contributed by atoms with Crippen LogP contribution in [-0.2, 0) is 16.2 Å². The smallest absolute Gasteiger partial charge is 0.128 e. The Kier molecular flexibility index (Phi) is 9.40. The van der Waals surface area contributed by atoms with Crippen LogP contribution >= 0.6 is 0 Å². The van der Waals surface area contributed by atoms with Crippen molar-refractivity contribution in [3.05, 3.63) is 57.6 Å². The number of aryl methyl sites for hydroxylation is 1. The van der Waals surface area contributed by atoms with Gasteiger partial charge in [0.1, 0.15) is 11.5 Å². The molecule has 1 fully saturated rings. The van der Waals surface area contributed by atoms with E-state index in [-0.39, 0.29) is 28.3 Å². The van der Waals surface area contributed by atoms with E-state index in [1.807, 2.05) is 18.5 Å². The van der Waals surface area contributed by atoms with E-state index < -0.39 is 0 Å². The molecule has 2 N–H and O–H groups in total. The molecule has 0 radical (unpaired) electrons. The molecule has 214 valence electrons. The number of hydrogen-bond donors (Lipinski definition) is 2. The standard InChI is InChI=1S/C35H52N2O2/c1-11-34(7,8)27-18-23(3)17-24(31(27)38)21-36-29-15-13-14-16-30(29)37-22-25-19-26(33(4,5)6)20-28(32(25)39)35(9,10)12-2/h17-22,29-30,38-39H,11-16H2,1-10H3. The van der Waals surface area contributed by atoms with Crippen molar-refractivity contribution in [2.24, 2.45) is 9.98 Å². The van der Waals surface area contributed by atoms with Crippen molar-refractivity contribution >= 4 is 12.4 Å². The Morgan fingerprint density at radius 3 is 1.59 bits per heavy atom. The van der Waals surface area contributed by atoms with Gasteiger partial charge in [-0.3, -0.25) is 9.98 Å². The zero-order valence-corrected chi connectivity index (χ0v) is 26.2. The lowest BCUT2D eigenvalue weighted by molar-refractivity contribution is 0.389. The first-order valence-electron chi connectivity index (χ1n) is 14.9. The Labute approximate surface area is 237 Å². The highest BCUT2D eigenvalue weighted by Crippen LogP contribution is 2.39. The summed E-state index contributed by atoms with van der Waals surface area (Å²) in [6.07, 6.45) is 9.82. The summed E-state index contributed by atoms with van der Waals surface area (Å²) in [7, 11) is 0. The lowest BCUT2D eigenvalue weighted by Gasteiger charge is -2.29. The Morgan fingerprint density at radius 2 is 1.15 bits per heavy atom. The zero-order valence-electron chi connectivity index (χ0n) is 26.2. The predicted octanol–water partition coefficient (Wildman–Crippen LogP) is 8.93. The van der Waals surface area contributed by atoms with Crippen LogP contribution in [0.3, 0.4) is 0 Å². The van der Waals surface area contributed by atoms with E-state index >= 15 is 0 Å². The van der Waals surface area contributed by atoms with E-state index in [9.17, 15) is 10.2 Å². The molecule has 0 amide bonds. The summed E-state index contributed by atoms with van der Waals surface area (Å²) < 4.78 is 0. The van der Waals surface area contributed by atoms with E-state index in [0.717, 1.165) is 66.3 Å². The van der Waals surface area contributed by atoms with Crippen LogP contribution in [0.15, 0.2) is 34.3 Å². The first-order chi connectivity index (χ1) is 18.1. The maximum atomic E-state index is 11.3. The monoisotopic (exact) mass is 532 g/mol. The number of phenols is 2. The van der Waals surface area contributed by atoms with Crippen LogP contribution in [0.25, 0.3) is 0 Å². The fourth-order valence-electron chi connectivity index (χ4n) is 5.30. The molecule has 1 saturated carbocycles. The number of benzene rings is 2. The molecule has 2 aromatic carbocycles. The van der Waals surface area contributed by atoms with Gasteiger partial charge in [-0.1, -0.05) is 87.3 Å². The van der Waals surface area contributed by atoms with Crippen LogP contribution in [-0.4, -0.2) is 34.7 Å². The molecule has 4 nitrogen and oxygen atoms in total. The molecule has 2 aromatic rings. The van der Waals surface area contributed by atoms with Crippen molar-refractivity contribution in [2.75, 3.05) is 0 Å². The van der Waals surface area contributed by atoms with E-state index in [2.05, 4.69) is 87.4 Å². The average Bonchev–Trinajstić information content (AvgIpc) is 2.87. The number of phenolic OH excluding ortho intramolecular Hbond substituents is 2. The number of aromatic hydroxyl groups is 2. The van der Waals surface area contributed by atoms with Gasteiger partial charge in [-0.2, -0.15) is 0 Å². The van der Waals surface area contributed by atoms with Crippen molar-refractivity contribution in [1.82, 2.24) is 0 Å². The maximum Gasteiger partial charge on any atom is 0.128 e. The highest BCUT2D eigenvalue weighted by Gasteiger charge is 2.28. The van der Waals surface area contributed by atoms with Gasteiger partial charge in [-0.25, -0.2) is 0 Å². The number of hydrogen-bond acceptors (Lipinski definition) is 4. The quantitative estimate of drug-likeness (QED) is 0.333. The van der Waals surface area contributed by atoms with Crippen molar-refractivity contribution < 1.29 is 10.2 Å². The van der Waals surface area contributed by atoms with Gasteiger partial charge in [0.2, 0.25) is 0 Å². The van der Waals surface area contributed by atoms with Gasteiger partial charge < -0.3 is 10.2 Å². The summed E-state index contributed by atoms with van der Waals surface area (Å²) in [5.74, 6) is 0.673. The summed E-state index contributed by atoms with van der Waals surface area (Å²) in [5, 5.41) is 22.4. The minimum Gasteiger partial charge on any atom is -0.507 e. The molecular weight excluding hydrogens is 480 g/mol. The van der Waals surface area contributed by atoms with Gasteiger partial charge in [0.05, 0.1) is 12.1 Å². The van der Waals surface area contributed by atoms with Crippen LogP contribution in [0.2, 0.25) is 0 Å². The second-order valence-corrected chi connectivity index (χ2v) is 13.9. The Balaban J connectivity index is 1.96. The topological polar surface area (TPSA) is 65.2 Å². The van der Waals surface area contributed by atoms with Gasteiger partial charge in [0, 0.05) is 34.7 Å². The van der Waals surface area contributed by atoms with Gasteiger partial charge in [0.15, 0.2) is 0 Å². The SMILES string of the molecule is CCC(C)(C)c1cc(C)cc(C=NC2CCCCC2N=Cc2cc(C(C)(C)C)cc(C(C)(C)CC)c2O)c1O. The second-order valence-electron chi connectivity index (χ2n) is 13.9. The summed E-state index contributed by atoms with van der Waals surface area (Å²) >= 11 is 0. The van der Waals surface area contributed by atoms with E-state index in [0.29, 0.717) is 11.5 Å². The molecule has 0 aliphatic heterocycles. The third-order valence-electron chi connectivity index (χ3n) is 9.02. The number of nitrogens with zero attached hydrogens (tertiary/aromatic N) is 2. The summed E-state index contributed by atoms with van der Waals surface area (Å²) in [4.78, 5) is 10.0. The fraction of sp³-hybridized carbons (Fsp3) is 0.600. The number of aliphatic imine (C=N–C) groups is 2. The van der Waals surface area contributed by atoms with Crippen molar-refractivity contribution in [3.8, 4) is 11.5 Å². The molecule has 0 spiro atoms. The third kappa shape index (κ3) is 7.13. The summed E-state index contributed by atoms with van der Waals surface area (Å²) in [6.45, 7) is 21.8. The Morgan fingerprint density at radius 1 is 0.718 bits per heavy atom. The van der Waals surface area contributed by atoms with Gasteiger partial charge in [0.25, 0.3) is 0 Å². The Hall–Kier alpha value is -2.62. The van der Waals surface area contributed by atoms with E-state index in [1.54, 1.807) is 0 Å². The largest absolute Gasteiger partial charge is 0.507 e. The highest BCUT2D eigenvalue weighted by atomic mass is 16.3. The van der Waals surface area contributed by atoms with Gasteiger partial charge >= 0.3 is 0 Å². The minimum absolute atomic E-state index is 0.0342. The van der Waals surface area contributed by atoms with Crippen molar-refractivity contribution in [1.29, 1.82) is 0 Å². The van der Waals surface area contributed by atoms with Crippen LogP contribution in [0.1, 0.15) is 134 Å². The molecule has 2 unspecified atom stereocenters. The molecular formula is C35H52N2O2. The average molecular weight is 533 g/mol. The van der Waals surface area contributed by atoms with Crippen molar-refractivity contribution in [3.63, 3.8) is 0 Å². The molecule has 0 bridgehead atoms. The first kappa shape index (κ1) is 30.9. The van der Waals surface area contributed by atoms with Crippen LogP contribution in [0.5, 0.6) is 11.5 Å². The maximum absolute atomic E-state index is 11.3. The molecule has 3 rings (SSSR count).